The van der Waals surface area contributed by atoms with Gasteiger partial charge in [0.25, 0.3) is 5.56 Å². The van der Waals surface area contributed by atoms with Crippen LogP contribution in [0.15, 0.2) is 77.6 Å². The van der Waals surface area contributed by atoms with Gasteiger partial charge in [0.05, 0.1) is 16.7 Å². The number of nitrogens with one attached hydrogen (secondary N) is 2. The molecule has 4 aromatic rings. The van der Waals surface area contributed by atoms with E-state index in [4.69, 9.17) is 0 Å². The molecular formula is C24H19FN4O3. The Kier molecular flexibility index (Phi) is 5.76. The molecule has 0 radical (unpaired) electrons. The number of carbonyl (C=O) groups is 2. The maximum atomic E-state index is 13.4. The fraction of sp³-hybridized carbons (Fsp3) is 0.0833. The number of anilines is 2. The summed E-state index contributed by atoms with van der Waals surface area (Å²) >= 11 is 0. The van der Waals surface area contributed by atoms with Crippen LogP contribution in [-0.2, 0) is 16.1 Å². The summed E-state index contributed by atoms with van der Waals surface area (Å²) in [5.41, 5.74) is 1.78. The molecule has 2 N–H and O–H groups in total. The summed E-state index contributed by atoms with van der Waals surface area (Å²) in [5.74, 6) is -1.26. The van der Waals surface area contributed by atoms with Crippen LogP contribution in [0, 0.1) is 5.82 Å². The predicted molar refractivity (Wildman–Crippen MR) is 121 cm³/mol. The van der Waals surface area contributed by atoms with Crippen molar-refractivity contribution >= 4 is 34.2 Å². The molecule has 0 fully saturated rings. The summed E-state index contributed by atoms with van der Waals surface area (Å²) < 4.78 is 14.8. The molecule has 160 valence electrons. The minimum Gasteiger partial charge on any atom is -0.326 e. The van der Waals surface area contributed by atoms with E-state index in [1.165, 1.54) is 29.7 Å². The molecule has 8 heteroatoms. The monoisotopic (exact) mass is 430 g/mol. The Balaban J connectivity index is 1.80. The highest BCUT2D eigenvalue weighted by Crippen LogP contribution is 2.25. The van der Waals surface area contributed by atoms with Crippen molar-refractivity contribution in [2.24, 2.45) is 0 Å². The van der Waals surface area contributed by atoms with Crippen molar-refractivity contribution in [3.8, 4) is 11.3 Å². The summed E-state index contributed by atoms with van der Waals surface area (Å²) in [4.78, 5) is 42.2. The molecule has 7 nitrogen and oxygen atoms in total. The second-order valence-corrected chi connectivity index (χ2v) is 7.13. The van der Waals surface area contributed by atoms with E-state index in [9.17, 15) is 18.8 Å². The first-order chi connectivity index (χ1) is 15.4. The summed E-state index contributed by atoms with van der Waals surface area (Å²) in [6.45, 7) is 1.08. The van der Waals surface area contributed by atoms with Gasteiger partial charge in [-0.05, 0) is 36.4 Å². The van der Waals surface area contributed by atoms with Crippen molar-refractivity contribution in [2.75, 3.05) is 10.6 Å². The second kappa shape index (κ2) is 8.81. The number of carbonyl (C=O) groups excluding carboxylic acids is 2. The molecule has 1 heterocycles. The number of nitrogens with zero attached hydrogens (tertiary/aromatic N) is 2. The first-order valence-electron chi connectivity index (χ1n) is 9.84. The van der Waals surface area contributed by atoms with Crippen LogP contribution < -0.4 is 16.2 Å². The maximum Gasteiger partial charge on any atom is 0.278 e. The Morgan fingerprint density at radius 1 is 0.969 bits per heavy atom. The second-order valence-electron chi connectivity index (χ2n) is 7.13. The molecule has 3 aromatic carbocycles. The van der Waals surface area contributed by atoms with E-state index in [0.29, 0.717) is 22.3 Å². The van der Waals surface area contributed by atoms with Gasteiger partial charge in [-0.1, -0.05) is 36.4 Å². The minimum absolute atomic E-state index is 0.103. The van der Waals surface area contributed by atoms with Crippen LogP contribution in [0.3, 0.4) is 0 Å². The zero-order valence-electron chi connectivity index (χ0n) is 17.1. The molecular weight excluding hydrogens is 411 g/mol. The summed E-state index contributed by atoms with van der Waals surface area (Å²) in [5, 5.41) is 5.31. The van der Waals surface area contributed by atoms with Gasteiger partial charge in [0, 0.05) is 18.2 Å². The molecule has 32 heavy (non-hydrogen) atoms. The largest absolute Gasteiger partial charge is 0.326 e. The third kappa shape index (κ3) is 4.39. The number of halogens is 1. The first-order valence-corrected chi connectivity index (χ1v) is 9.84. The summed E-state index contributed by atoms with van der Waals surface area (Å²) in [6, 6.07) is 19.3. The molecule has 0 aliphatic rings. The van der Waals surface area contributed by atoms with Crippen molar-refractivity contribution in [3.63, 3.8) is 0 Å². The lowest BCUT2D eigenvalue weighted by Gasteiger charge is -2.14. The molecule has 0 saturated heterocycles. The van der Waals surface area contributed by atoms with Gasteiger partial charge in [-0.2, -0.15) is 0 Å². The minimum atomic E-state index is -0.491. The van der Waals surface area contributed by atoms with Gasteiger partial charge >= 0.3 is 0 Å². The van der Waals surface area contributed by atoms with Crippen molar-refractivity contribution in [1.82, 2.24) is 9.55 Å². The van der Waals surface area contributed by atoms with Crippen LogP contribution in [0.4, 0.5) is 15.8 Å². The van der Waals surface area contributed by atoms with Crippen LogP contribution in [0.5, 0.6) is 0 Å². The first kappa shape index (κ1) is 20.9. The van der Waals surface area contributed by atoms with Gasteiger partial charge in [0.15, 0.2) is 0 Å². The van der Waals surface area contributed by atoms with Crippen LogP contribution in [0.1, 0.15) is 6.92 Å². The van der Waals surface area contributed by atoms with Crippen molar-refractivity contribution in [3.05, 3.63) is 89.0 Å². The highest BCUT2D eigenvalue weighted by Gasteiger charge is 2.17. The number of rotatable bonds is 5. The number of hydrogen-bond acceptors (Lipinski definition) is 4. The smallest absolute Gasteiger partial charge is 0.278 e. The lowest BCUT2D eigenvalue weighted by Crippen LogP contribution is -2.30. The highest BCUT2D eigenvalue weighted by molar-refractivity contribution is 5.94. The average Bonchev–Trinajstić information content (AvgIpc) is 2.76. The maximum absolute atomic E-state index is 13.4. The van der Waals surface area contributed by atoms with E-state index >= 15 is 0 Å². The molecule has 0 unspecified atom stereocenters. The van der Waals surface area contributed by atoms with E-state index in [2.05, 4.69) is 15.6 Å². The zero-order valence-corrected chi connectivity index (χ0v) is 17.1. The van der Waals surface area contributed by atoms with Crippen molar-refractivity contribution in [2.45, 2.75) is 13.5 Å². The lowest BCUT2D eigenvalue weighted by atomic mass is 10.1. The number of hydrogen-bond donors (Lipinski definition) is 2. The van der Waals surface area contributed by atoms with E-state index in [-0.39, 0.29) is 23.8 Å². The van der Waals surface area contributed by atoms with Gasteiger partial charge in [-0.3, -0.25) is 19.0 Å². The highest BCUT2D eigenvalue weighted by atomic mass is 19.1. The van der Waals surface area contributed by atoms with Gasteiger partial charge in [0.2, 0.25) is 11.8 Å². The van der Waals surface area contributed by atoms with E-state index < -0.39 is 17.3 Å². The van der Waals surface area contributed by atoms with Crippen LogP contribution >= 0.6 is 0 Å². The molecule has 0 atom stereocenters. The van der Waals surface area contributed by atoms with Crippen LogP contribution in [0.2, 0.25) is 0 Å². The Bertz CT molecular complexity index is 1400. The quantitative estimate of drug-likeness (QED) is 0.504. The summed E-state index contributed by atoms with van der Waals surface area (Å²) in [6.07, 6.45) is 0. The normalized spacial score (nSPS) is 10.7. The van der Waals surface area contributed by atoms with E-state index in [0.717, 1.165) is 0 Å². The number of para-hydroxylation sites is 3. The van der Waals surface area contributed by atoms with E-state index in [1.807, 2.05) is 0 Å². The topological polar surface area (TPSA) is 93.1 Å². The fourth-order valence-electron chi connectivity index (χ4n) is 3.42. The molecule has 0 aliphatic heterocycles. The Morgan fingerprint density at radius 2 is 1.72 bits per heavy atom. The molecule has 2 amide bonds. The van der Waals surface area contributed by atoms with Gasteiger partial charge < -0.3 is 10.6 Å². The molecule has 0 saturated carbocycles. The third-order valence-electron chi connectivity index (χ3n) is 4.76. The number of benzene rings is 3. The van der Waals surface area contributed by atoms with Crippen LogP contribution in [0.25, 0.3) is 22.3 Å². The third-order valence-corrected chi connectivity index (χ3v) is 4.76. The van der Waals surface area contributed by atoms with Gasteiger partial charge in [0.1, 0.15) is 18.1 Å². The predicted octanol–water partition coefficient (Wildman–Crippen LogP) is 3.80. The van der Waals surface area contributed by atoms with Crippen LogP contribution in [-0.4, -0.2) is 21.4 Å². The van der Waals surface area contributed by atoms with Gasteiger partial charge in [-0.25, -0.2) is 9.37 Å². The van der Waals surface area contributed by atoms with Crippen molar-refractivity contribution in [1.29, 1.82) is 0 Å². The lowest BCUT2D eigenvalue weighted by molar-refractivity contribution is -0.117. The fourth-order valence-corrected chi connectivity index (χ4v) is 3.42. The molecule has 0 bridgehead atoms. The standard InChI is InChI=1S/C24H19FN4O3/c1-15(30)26-19-10-3-2-9-18(19)23-24(32)29(21-12-5-4-11-20(21)28-23)14-22(31)27-17-8-6-7-16(25)13-17/h2-13H,14H2,1H3,(H,26,30)(H,27,31). The Hall–Kier alpha value is -4.33. The Morgan fingerprint density at radius 3 is 2.50 bits per heavy atom. The van der Waals surface area contributed by atoms with Crippen molar-refractivity contribution < 1.29 is 14.0 Å². The average molecular weight is 430 g/mol. The summed E-state index contributed by atoms with van der Waals surface area (Å²) in [7, 11) is 0. The number of aromatic nitrogens is 2. The van der Waals surface area contributed by atoms with E-state index in [1.54, 1.807) is 54.6 Å². The number of amides is 2. The molecule has 4 rings (SSSR count). The molecule has 0 aliphatic carbocycles. The molecule has 0 spiro atoms. The SMILES string of the molecule is CC(=O)Nc1ccccc1-c1nc2ccccc2n(CC(=O)Nc2cccc(F)c2)c1=O. The number of fused-ring (bicyclic) bond motifs is 1. The Labute approximate surface area is 182 Å². The zero-order chi connectivity index (χ0) is 22.7. The van der Waals surface area contributed by atoms with Gasteiger partial charge in [-0.15, -0.1) is 0 Å². The molecule has 1 aromatic heterocycles.